The molecule has 0 aromatic heterocycles. The second-order valence-electron chi connectivity index (χ2n) is 11.4. The van der Waals surface area contributed by atoms with Crippen molar-refractivity contribution in [2.45, 2.75) is 77.7 Å². The van der Waals surface area contributed by atoms with E-state index >= 15 is 0 Å². The number of unbranched alkanes of at least 4 members (excludes halogenated alkanes) is 1. The Labute approximate surface area is 270 Å². The molecule has 0 bridgehead atoms. The van der Waals surface area contributed by atoms with Crippen LogP contribution in [0.25, 0.3) is 0 Å². The van der Waals surface area contributed by atoms with Gasteiger partial charge in [0.05, 0.1) is 22.7 Å². The third kappa shape index (κ3) is 11.6. The Balaban J connectivity index is 0.00000376. The highest BCUT2D eigenvalue weighted by Gasteiger charge is 2.37. The second kappa shape index (κ2) is 17.2. The van der Waals surface area contributed by atoms with Crippen molar-refractivity contribution in [2.75, 3.05) is 31.6 Å². The number of nitrogens with zero attached hydrogens (tertiary/aromatic N) is 2. The van der Waals surface area contributed by atoms with E-state index in [0.29, 0.717) is 24.2 Å². The highest BCUT2D eigenvalue weighted by Crippen LogP contribution is 2.37. The Kier molecular flexibility index (Phi) is 14.4. The number of aliphatic carboxylic acids is 1. The summed E-state index contributed by atoms with van der Waals surface area (Å²) in [5, 5.41) is 17.1. The summed E-state index contributed by atoms with van der Waals surface area (Å²) in [6.45, 7) is 2.59. The lowest BCUT2D eigenvalue weighted by molar-refractivity contribution is -0.144. The molecule has 262 valence electrons. The normalized spacial score (nSPS) is 13.7. The van der Waals surface area contributed by atoms with Gasteiger partial charge in [0.1, 0.15) is 6.61 Å². The van der Waals surface area contributed by atoms with Crippen LogP contribution in [0.5, 0.6) is 0 Å². The maximum absolute atomic E-state index is 13.3. The van der Waals surface area contributed by atoms with Gasteiger partial charge in [0.2, 0.25) is 0 Å². The zero-order chi connectivity index (χ0) is 35.5. The van der Waals surface area contributed by atoms with Crippen LogP contribution in [0.3, 0.4) is 0 Å². The van der Waals surface area contributed by atoms with Gasteiger partial charge in [0.25, 0.3) is 0 Å². The molecule has 1 aliphatic carbocycles. The number of ether oxygens (including phenoxy) is 1. The molecule has 0 fully saturated rings. The molecule has 0 heterocycles. The fraction of sp³-hybridized carbons (Fsp3) is 0.531. The number of fused-ring (bicyclic) bond motifs is 1. The summed E-state index contributed by atoms with van der Waals surface area (Å²) in [5.74, 6) is -2.59. The first kappa shape index (κ1) is 39.2. The minimum Gasteiger partial charge on any atom is -0.481 e. The summed E-state index contributed by atoms with van der Waals surface area (Å²) in [6.07, 6.45) is -5.25. The number of alkyl halides is 6. The molecular formula is C32H43F6N5O4. The molecule has 2 aromatic rings. The molecule has 47 heavy (non-hydrogen) atoms. The van der Waals surface area contributed by atoms with Gasteiger partial charge in [0.15, 0.2) is 5.96 Å². The molecule has 9 nitrogen and oxygen atoms in total. The number of carboxylic acids is 1. The predicted molar refractivity (Wildman–Crippen MR) is 166 cm³/mol. The van der Waals surface area contributed by atoms with E-state index in [0.717, 1.165) is 48.1 Å². The molecule has 15 heteroatoms. The van der Waals surface area contributed by atoms with Gasteiger partial charge in [-0.05, 0) is 106 Å². The number of carbonyl (C=O) groups excluding carboxylic acids is 1. The van der Waals surface area contributed by atoms with Gasteiger partial charge in [-0.2, -0.15) is 26.3 Å². The van der Waals surface area contributed by atoms with Crippen molar-refractivity contribution < 1.29 is 45.8 Å². The number of guanidine groups is 1. The van der Waals surface area contributed by atoms with E-state index in [-0.39, 0.29) is 37.7 Å². The number of nitrogens with two attached hydrogens (primary N) is 2. The Morgan fingerprint density at radius 3 is 1.96 bits per heavy atom. The van der Waals surface area contributed by atoms with Crippen LogP contribution in [0, 0.1) is 18.3 Å². The molecule has 1 unspecified atom stereocenters. The van der Waals surface area contributed by atoms with Crippen LogP contribution in [0.4, 0.5) is 36.8 Å². The van der Waals surface area contributed by atoms with Crippen LogP contribution in [-0.4, -0.2) is 54.8 Å². The number of halogens is 6. The lowest BCUT2D eigenvalue weighted by Crippen LogP contribution is -2.38. The van der Waals surface area contributed by atoms with Crippen molar-refractivity contribution in [1.29, 1.82) is 5.41 Å². The molecular weight excluding hydrogens is 632 g/mol. The maximum atomic E-state index is 13.3. The molecule has 0 aliphatic heterocycles. The van der Waals surface area contributed by atoms with Crippen LogP contribution < -0.4 is 16.4 Å². The number of hydrogen-bond acceptors (Lipinski definition) is 5. The summed E-state index contributed by atoms with van der Waals surface area (Å²) in [4.78, 5) is 27.0. The first-order valence-corrected chi connectivity index (χ1v) is 15.2. The van der Waals surface area contributed by atoms with Gasteiger partial charge >= 0.3 is 24.4 Å². The van der Waals surface area contributed by atoms with E-state index in [1.807, 2.05) is 19.1 Å². The maximum Gasteiger partial charge on any atom is 0.416 e. The van der Waals surface area contributed by atoms with Gasteiger partial charge in [-0.25, -0.2) is 4.79 Å². The van der Waals surface area contributed by atoms with Gasteiger partial charge in [-0.15, -0.1) is 0 Å². The third-order valence-corrected chi connectivity index (χ3v) is 7.72. The summed E-state index contributed by atoms with van der Waals surface area (Å²) in [5.41, 5.74) is 10.7. The van der Waals surface area contributed by atoms with Crippen LogP contribution in [0.1, 0.15) is 72.4 Å². The summed E-state index contributed by atoms with van der Waals surface area (Å²) in [6, 6.07) is 5.23. The molecule has 1 aliphatic rings. The number of aryl methyl sites for hydroxylation is 3. The molecule has 2 aromatic carbocycles. The molecule has 0 spiro atoms. The monoisotopic (exact) mass is 675 g/mol. The topological polar surface area (TPSA) is 146 Å². The average molecular weight is 676 g/mol. The zero-order valence-corrected chi connectivity index (χ0v) is 26.7. The molecule has 0 saturated carbocycles. The number of hydrogen-bond donors (Lipinski definition) is 4. The second-order valence-corrected chi connectivity index (χ2v) is 11.4. The highest BCUT2D eigenvalue weighted by atomic mass is 19.4. The smallest absolute Gasteiger partial charge is 0.416 e. The van der Waals surface area contributed by atoms with E-state index in [9.17, 15) is 41.0 Å². The molecule has 1 atom stereocenters. The predicted octanol–water partition coefficient (Wildman–Crippen LogP) is 6.72. The number of amides is 1. The van der Waals surface area contributed by atoms with Crippen molar-refractivity contribution in [3.8, 4) is 0 Å². The standard InChI is InChI=1S/C31H38F6N4O4.CH5N/c1-19-12-22-8-4-3-5-9-23(22)15-26(19)41(29(44)45-18-20(2)27(42)43)11-7-6-10-40(28(38)39)17-21-13-24(30(32,33)34)16-25(14-21)31(35,36)37;1-2/h12-16,20H,3-11,17-18H2,1-2H3,(H3,38,39)(H,42,43);2H2,1H3. The Morgan fingerprint density at radius 1 is 0.915 bits per heavy atom. The van der Waals surface area contributed by atoms with E-state index in [1.54, 1.807) is 0 Å². The molecule has 0 radical (unpaired) electrons. The van der Waals surface area contributed by atoms with Crippen LogP contribution in [0.2, 0.25) is 0 Å². The van der Waals surface area contributed by atoms with Gasteiger partial charge in [-0.3, -0.25) is 15.1 Å². The lowest BCUT2D eigenvalue weighted by atomic mass is 9.98. The van der Waals surface area contributed by atoms with Gasteiger partial charge in [-0.1, -0.05) is 12.5 Å². The number of carbonyl (C=O) groups is 2. The number of benzene rings is 2. The van der Waals surface area contributed by atoms with Gasteiger partial charge in [0, 0.05) is 19.6 Å². The summed E-state index contributed by atoms with van der Waals surface area (Å²) < 4.78 is 85.3. The van der Waals surface area contributed by atoms with Crippen molar-refractivity contribution in [3.05, 3.63) is 63.7 Å². The minimum absolute atomic E-state index is 0.00896. The van der Waals surface area contributed by atoms with E-state index < -0.39 is 54.0 Å². The summed E-state index contributed by atoms with van der Waals surface area (Å²) >= 11 is 0. The van der Waals surface area contributed by atoms with Crippen molar-refractivity contribution in [1.82, 2.24) is 4.90 Å². The number of anilines is 1. The Hall–Kier alpha value is -4.01. The number of carboxylic acid groups (broad SMARTS) is 1. The minimum atomic E-state index is -5.01. The highest BCUT2D eigenvalue weighted by molar-refractivity contribution is 5.89. The third-order valence-electron chi connectivity index (χ3n) is 7.72. The largest absolute Gasteiger partial charge is 0.481 e. The van der Waals surface area contributed by atoms with Crippen molar-refractivity contribution in [3.63, 3.8) is 0 Å². The molecule has 6 N–H and O–H groups in total. The molecule has 0 saturated heterocycles. The zero-order valence-electron chi connectivity index (χ0n) is 26.7. The van der Waals surface area contributed by atoms with E-state index in [1.165, 1.54) is 24.4 Å². The summed E-state index contributed by atoms with van der Waals surface area (Å²) in [7, 11) is 1.50. The van der Waals surface area contributed by atoms with Crippen LogP contribution in [0.15, 0.2) is 30.3 Å². The lowest BCUT2D eigenvalue weighted by Gasteiger charge is -2.27. The van der Waals surface area contributed by atoms with Crippen molar-refractivity contribution >= 4 is 23.7 Å². The average Bonchev–Trinajstić information content (AvgIpc) is 3.23. The van der Waals surface area contributed by atoms with Crippen molar-refractivity contribution in [2.24, 2.45) is 17.4 Å². The van der Waals surface area contributed by atoms with Crippen LogP contribution >= 0.6 is 0 Å². The molecule has 1 amide bonds. The number of nitrogens with one attached hydrogen (secondary N) is 1. The quantitative estimate of drug-likeness (QED) is 0.0681. The Morgan fingerprint density at radius 2 is 1.45 bits per heavy atom. The Bertz CT molecular complexity index is 1350. The van der Waals surface area contributed by atoms with Crippen LogP contribution in [-0.2, 0) is 41.3 Å². The van der Waals surface area contributed by atoms with E-state index in [4.69, 9.17) is 15.9 Å². The molecule has 3 rings (SSSR count). The SMILES string of the molecule is CN.Cc1cc2c(cc1N(CCCCN(Cc1cc(C(F)(F)F)cc(C(F)(F)F)c1)C(=N)N)C(=O)OCC(C)C(=O)O)CCCCC2. The first-order valence-electron chi connectivity index (χ1n) is 15.2. The fourth-order valence-electron chi connectivity index (χ4n) is 5.21. The van der Waals surface area contributed by atoms with Gasteiger partial charge < -0.3 is 26.2 Å². The van der Waals surface area contributed by atoms with E-state index in [2.05, 4.69) is 5.73 Å². The number of rotatable bonds is 11. The first-order chi connectivity index (χ1) is 22.0. The fourth-order valence-corrected chi connectivity index (χ4v) is 5.21.